The smallest absolute Gasteiger partial charge is 0.292 e. The number of nitro benzene ring substituents is 1. The average Bonchev–Trinajstić information content (AvgIpc) is 2.68. The number of carbonyl (C=O) groups excluding carboxylic acids is 1. The number of ether oxygens (including phenoxy) is 2. The summed E-state index contributed by atoms with van der Waals surface area (Å²) in [5.74, 6) is 1.18. The predicted octanol–water partition coefficient (Wildman–Crippen LogP) is 2.77. The molecule has 0 aliphatic carbocycles. The molecular formula is C19H23N3O5. The zero-order chi connectivity index (χ0) is 19.6. The lowest BCUT2D eigenvalue weighted by Crippen LogP contribution is -2.27. The average molecular weight is 373 g/mol. The van der Waals surface area contributed by atoms with Crippen molar-refractivity contribution in [1.82, 2.24) is 5.32 Å². The Kier molecular flexibility index (Phi) is 7.42. The number of hydrogen-bond donors (Lipinski definition) is 2. The van der Waals surface area contributed by atoms with Crippen LogP contribution in [0.5, 0.6) is 11.5 Å². The van der Waals surface area contributed by atoms with Crippen LogP contribution >= 0.6 is 0 Å². The molecule has 0 aliphatic rings. The van der Waals surface area contributed by atoms with Crippen molar-refractivity contribution in [1.29, 1.82) is 0 Å². The van der Waals surface area contributed by atoms with Crippen molar-refractivity contribution in [3.63, 3.8) is 0 Å². The SMILES string of the molecule is COc1ccc(CCNC(=O)CCNc2ccccc2[N+](=O)[O-])cc1OC. The number of nitrogens with zero attached hydrogens (tertiary/aromatic N) is 1. The lowest BCUT2D eigenvalue weighted by atomic mass is 10.1. The Bertz CT molecular complexity index is 795. The third kappa shape index (κ3) is 5.88. The molecule has 2 aromatic rings. The van der Waals surface area contributed by atoms with Gasteiger partial charge in [-0.05, 0) is 30.2 Å². The fourth-order valence-electron chi connectivity index (χ4n) is 2.56. The van der Waals surface area contributed by atoms with E-state index in [0.717, 1.165) is 5.56 Å². The highest BCUT2D eigenvalue weighted by Crippen LogP contribution is 2.27. The summed E-state index contributed by atoms with van der Waals surface area (Å²) in [7, 11) is 3.16. The van der Waals surface area contributed by atoms with Crippen LogP contribution in [0.4, 0.5) is 11.4 Å². The zero-order valence-electron chi connectivity index (χ0n) is 15.4. The minimum absolute atomic E-state index is 0.00800. The van der Waals surface area contributed by atoms with Crippen LogP contribution in [0.15, 0.2) is 42.5 Å². The number of methoxy groups -OCH3 is 2. The van der Waals surface area contributed by atoms with Crippen LogP contribution < -0.4 is 20.1 Å². The molecule has 8 heteroatoms. The van der Waals surface area contributed by atoms with Crippen LogP contribution in [0.25, 0.3) is 0 Å². The summed E-state index contributed by atoms with van der Waals surface area (Å²) in [5, 5.41) is 16.7. The lowest BCUT2D eigenvalue weighted by Gasteiger charge is -2.10. The first-order valence-corrected chi connectivity index (χ1v) is 8.50. The Labute approximate surface area is 157 Å². The van der Waals surface area contributed by atoms with Gasteiger partial charge in [-0.2, -0.15) is 0 Å². The van der Waals surface area contributed by atoms with Crippen LogP contribution in [-0.2, 0) is 11.2 Å². The summed E-state index contributed by atoms with van der Waals surface area (Å²) in [4.78, 5) is 22.4. The third-order valence-corrected chi connectivity index (χ3v) is 3.95. The molecule has 0 aliphatic heterocycles. The first-order valence-electron chi connectivity index (χ1n) is 8.50. The van der Waals surface area contributed by atoms with E-state index >= 15 is 0 Å². The van der Waals surface area contributed by atoms with Gasteiger partial charge in [0.05, 0.1) is 19.1 Å². The topological polar surface area (TPSA) is 103 Å². The van der Waals surface area contributed by atoms with Crippen molar-refractivity contribution in [3.05, 3.63) is 58.1 Å². The summed E-state index contributed by atoms with van der Waals surface area (Å²) < 4.78 is 10.5. The molecule has 0 spiro atoms. The van der Waals surface area contributed by atoms with Gasteiger partial charge in [0.25, 0.3) is 5.69 Å². The molecule has 0 fully saturated rings. The predicted molar refractivity (Wildman–Crippen MR) is 102 cm³/mol. The molecule has 0 aromatic heterocycles. The Morgan fingerprint density at radius 1 is 1.07 bits per heavy atom. The fraction of sp³-hybridized carbons (Fsp3) is 0.316. The number of rotatable bonds is 10. The van der Waals surface area contributed by atoms with Gasteiger partial charge in [0, 0.05) is 25.6 Å². The van der Waals surface area contributed by atoms with Crippen molar-refractivity contribution in [2.75, 3.05) is 32.6 Å². The van der Waals surface area contributed by atoms with Gasteiger partial charge in [0.1, 0.15) is 5.69 Å². The molecule has 1 amide bonds. The van der Waals surface area contributed by atoms with Gasteiger partial charge in [-0.15, -0.1) is 0 Å². The maximum Gasteiger partial charge on any atom is 0.292 e. The van der Waals surface area contributed by atoms with Crippen molar-refractivity contribution in [2.24, 2.45) is 0 Å². The summed E-state index contributed by atoms with van der Waals surface area (Å²) in [6.45, 7) is 0.798. The van der Waals surface area contributed by atoms with E-state index in [1.807, 2.05) is 18.2 Å². The molecule has 2 N–H and O–H groups in total. The highest BCUT2D eigenvalue weighted by Gasteiger charge is 2.12. The second-order valence-electron chi connectivity index (χ2n) is 5.74. The number of hydrogen-bond acceptors (Lipinski definition) is 6. The summed E-state index contributed by atoms with van der Waals surface area (Å²) >= 11 is 0. The van der Waals surface area contributed by atoms with Crippen LogP contribution in [0.3, 0.4) is 0 Å². The lowest BCUT2D eigenvalue weighted by molar-refractivity contribution is -0.384. The molecule has 0 heterocycles. The molecule has 0 unspecified atom stereocenters. The number of anilines is 1. The Morgan fingerprint density at radius 3 is 2.52 bits per heavy atom. The Morgan fingerprint density at radius 2 is 1.81 bits per heavy atom. The highest BCUT2D eigenvalue weighted by molar-refractivity contribution is 5.76. The molecule has 0 saturated heterocycles. The van der Waals surface area contributed by atoms with E-state index in [1.165, 1.54) is 6.07 Å². The van der Waals surface area contributed by atoms with Crippen molar-refractivity contribution < 1.29 is 19.2 Å². The molecule has 0 bridgehead atoms. The summed E-state index contributed by atoms with van der Waals surface area (Å²) in [6.07, 6.45) is 0.877. The summed E-state index contributed by atoms with van der Waals surface area (Å²) in [5.41, 5.74) is 1.41. The molecule has 0 atom stereocenters. The molecular weight excluding hydrogens is 350 g/mol. The fourth-order valence-corrected chi connectivity index (χ4v) is 2.56. The third-order valence-electron chi connectivity index (χ3n) is 3.95. The first kappa shape index (κ1) is 20.0. The van der Waals surface area contributed by atoms with Gasteiger partial charge >= 0.3 is 0 Å². The monoisotopic (exact) mass is 373 g/mol. The van der Waals surface area contributed by atoms with Crippen LogP contribution in [0, 0.1) is 10.1 Å². The molecule has 2 rings (SSSR count). The second kappa shape index (κ2) is 10.0. The van der Waals surface area contributed by atoms with Crippen LogP contribution in [0.1, 0.15) is 12.0 Å². The number of amides is 1. The summed E-state index contributed by atoms with van der Waals surface area (Å²) in [6, 6.07) is 12.0. The maximum absolute atomic E-state index is 11.9. The Balaban J connectivity index is 1.75. The van der Waals surface area contributed by atoms with Crippen LogP contribution in [-0.4, -0.2) is 38.1 Å². The van der Waals surface area contributed by atoms with Crippen molar-refractivity contribution >= 4 is 17.3 Å². The molecule has 8 nitrogen and oxygen atoms in total. The molecule has 0 saturated carbocycles. The van der Waals surface area contributed by atoms with Gasteiger partial charge in [-0.1, -0.05) is 18.2 Å². The van der Waals surface area contributed by atoms with Gasteiger partial charge in [-0.25, -0.2) is 0 Å². The standard InChI is InChI=1S/C19H23N3O5/c1-26-17-8-7-14(13-18(17)27-2)9-11-21-19(23)10-12-20-15-5-3-4-6-16(15)22(24)25/h3-8,13,20H,9-12H2,1-2H3,(H,21,23). The molecule has 0 radical (unpaired) electrons. The number of para-hydroxylation sites is 2. The number of nitro groups is 1. The molecule has 27 heavy (non-hydrogen) atoms. The van der Waals surface area contributed by atoms with Gasteiger partial charge in [0.2, 0.25) is 5.91 Å². The minimum Gasteiger partial charge on any atom is -0.493 e. The van der Waals surface area contributed by atoms with Crippen molar-refractivity contribution in [3.8, 4) is 11.5 Å². The zero-order valence-corrected chi connectivity index (χ0v) is 15.4. The normalized spacial score (nSPS) is 10.1. The number of nitrogens with one attached hydrogen (secondary N) is 2. The number of benzene rings is 2. The van der Waals surface area contributed by atoms with E-state index in [9.17, 15) is 14.9 Å². The molecule has 144 valence electrons. The molecule has 2 aromatic carbocycles. The number of carbonyl (C=O) groups is 1. The Hall–Kier alpha value is -3.29. The van der Waals surface area contributed by atoms with E-state index in [-0.39, 0.29) is 18.0 Å². The van der Waals surface area contributed by atoms with Gasteiger partial charge in [0.15, 0.2) is 11.5 Å². The van der Waals surface area contributed by atoms with E-state index in [0.29, 0.717) is 36.7 Å². The quantitative estimate of drug-likeness (QED) is 0.490. The van der Waals surface area contributed by atoms with E-state index < -0.39 is 4.92 Å². The van der Waals surface area contributed by atoms with Gasteiger partial charge < -0.3 is 20.1 Å². The van der Waals surface area contributed by atoms with E-state index in [2.05, 4.69) is 10.6 Å². The van der Waals surface area contributed by atoms with Crippen LogP contribution in [0.2, 0.25) is 0 Å². The van der Waals surface area contributed by atoms with Gasteiger partial charge in [-0.3, -0.25) is 14.9 Å². The largest absolute Gasteiger partial charge is 0.493 e. The minimum atomic E-state index is -0.453. The van der Waals surface area contributed by atoms with E-state index in [4.69, 9.17) is 9.47 Å². The second-order valence-corrected chi connectivity index (χ2v) is 5.74. The van der Waals surface area contributed by atoms with E-state index in [1.54, 1.807) is 32.4 Å². The maximum atomic E-state index is 11.9. The highest BCUT2D eigenvalue weighted by atomic mass is 16.6. The van der Waals surface area contributed by atoms with Crippen molar-refractivity contribution in [2.45, 2.75) is 12.8 Å². The first-order chi connectivity index (χ1) is 13.0.